The average molecular weight is 579 g/mol. The summed E-state index contributed by atoms with van der Waals surface area (Å²) >= 11 is 0. The number of hydrogen-bond acceptors (Lipinski definition) is 7. The van der Waals surface area contributed by atoms with Crippen LogP contribution in [-0.4, -0.2) is 68.0 Å². The molecule has 10 nitrogen and oxygen atoms in total. The first-order chi connectivity index (χ1) is 20.2. The van der Waals surface area contributed by atoms with E-state index >= 15 is 0 Å². The largest absolute Gasteiger partial charge is 0.493 e. The molecule has 2 amide bonds. The molecule has 0 saturated carbocycles. The summed E-state index contributed by atoms with van der Waals surface area (Å²) in [5.74, 6) is -0.0281. The highest BCUT2D eigenvalue weighted by Gasteiger charge is 2.31. The highest BCUT2D eigenvalue weighted by atomic mass is 19.1. The van der Waals surface area contributed by atoms with Crippen molar-refractivity contribution in [2.45, 2.75) is 13.0 Å². The Labute approximate surface area is 241 Å². The van der Waals surface area contributed by atoms with Gasteiger partial charge < -0.3 is 24.7 Å². The number of piperazine rings is 1. The zero-order valence-corrected chi connectivity index (χ0v) is 23.8. The van der Waals surface area contributed by atoms with E-state index in [-0.39, 0.29) is 16.7 Å². The summed E-state index contributed by atoms with van der Waals surface area (Å²) in [5, 5.41) is 4.51. The zero-order valence-electron chi connectivity index (χ0n) is 23.8. The number of ether oxygens (including phenoxy) is 2. The highest BCUT2D eigenvalue weighted by molar-refractivity contribution is 6.02. The Bertz CT molecular complexity index is 1650. The van der Waals surface area contributed by atoms with Gasteiger partial charge in [0.05, 0.1) is 31.5 Å². The van der Waals surface area contributed by atoms with Crippen LogP contribution in [0.15, 0.2) is 65.5 Å². The van der Waals surface area contributed by atoms with E-state index in [0.29, 0.717) is 49.1 Å². The number of carbonyl (C=O) groups excluding carboxylic acids is 1. The number of halogens is 2. The minimum absolute atomic E-state index is 0.124. The molecule has 1 saturated heterocycles. The second-order valence-corrected chi connectivity index (χ2v) is 10.0. The number of rotatable bonds is 7. The van der Waals surface area contributed by atoms with Crippen molar-refractivity contribution in [3.63, 3.8) is 0 Å². The topological polar surface area (TPSA) is 92.2 Å². The number of hydrogen-bond donors (Lipinski definition) is 1. The van der Waals surface area contributed by atoms with Crippen LogP contribution in [0.3, 0.4) is 0 Å². The van der Waals surface area contributed by atoms with Crippen LogP contribution in [0, 0.1) is 11.6 Å². The molecular weight excluding hydrogens is 546 g/mol. The van der Waals surface area contributed by atoms with Gasteiger partial charge in [0.2, 0.25) is 0 Å². The molecule has 1 N–H and O–H groups in total. The second kappa shape index (κ2) is 12.0. The number of methoxy groups -OCH3 is 2. The van der Waals surface area contributed by atoms with Gasteiger partial charge in [-0.1, -0.05) is 6.07 Å². The molecule has 1 aromatic heterocycles. The number of urea groups is 1. The highest BCUT2D eigenvalue weighted by Crippen LogP contribution is 2.35. The maximum atomic E-state index is 15.0. The Kier molecular flexibility index (Phi) is 8.25. The minimum atomic E-state index is -0.844. The van der Waals surface area contributed by atoms with Gasteiger partial charge in [-0.3, -0.25) is 9.69 Å². The first kappa shape index (κ1) is 28.8. The van der Waals surface area contributed by atoms with E-state index in [1.54, 1.807) is 31.2 Å². The predicted octanol–water partition coefficient (Wildman–Crippen LogP) is 4.38. The van der Waals surface area contributed by atoms with E-state index in [0.717, 1.165) is 0 Å². The molecule has 12 heteroatoms. The summed E-state index contributed by atoms with van der Waals surface area (Å²) in [5.41, 5.74) is 0.400. The van der Waals surface area contributed by atoms with E-state index in [1.807, 2.05) is 12.1 Å². The molecule has 1 aliphatic heterocycles. The summed E-state index contributed by atoms with van der Waals surface area (Å²) in [4.78, 5) is 36.2. The number of amides is 2. The van der Waals surface area contributed by atoms with Crippen molar-refractivity contribution in [1.82, 2.24) is 14.6 Å². The molecule has 0 spiro atoms. The molecule has 0 radical (unpaired) electrons. The van der Waals surface area contributed by atoms with Crippen LogP contribution >= 0.6 is 0 Å². The van der Waals surface area contributed by atoms with Crippen molar-refractivity contribution in [2.75, 3.05) is 62.7 Å². The summed E-state index contributed by atoms with van der Waals surface area (Å²) in [7, 11) is 4.98. The Morgan fingerprint density at radius 3 is 2.33 bits per heavy atom. The van der Waals surface area contributed by atoms with Crippen LogP contribution in [0.1, 0.15) is 18.8 Å². The lowest BCUT2D eigenvalue weighted by molar-refractivity contribution is 0.254. The molecule has 1 aliphatic rings. The fourth-order valence-electron chi connectivity index (χ4n) is 5.06. The predicted molar refractivity (Wildman–Crippen MR) is 157 cm³/mol. The number of aromatic nitrogens is 2. The van der Waals surface area contributed by atoms with Crippen molar-refractivity contribution in [3.05, 3.63) is 88.5 Å². The third-order valence-electron chi connectivity index (χ3n) is 7.33. The molecule has 4 aromatic rings. The first-order valence-electron chi connectivity index (χ1n) is 13.4. The van der Waals surface area contributed by atoms with Gasteiger partial charge in [0.15, 0.2) is 17.3 Å². The minimum Gasteiger partial charge on any atom is -0.493 e. The fraction of sp³-hybridized carbons (Fsp3) is 0.300. The van der Waals surface area contributed by atoms with Crippen molar-refractivity contribution in [1.29, 1.82) is 0 Å². The molecule has 1 unspecified atom stereocenters. The van der Waals surface area contributed by atoms with E-state index in [2.05, 4.69) is 10.2 Å². The number of anilines is 2. The fourth-order valence-corrected chi connectivity index (χ4v) is 5.06. The zero-order chi connectivity index (χ0) is 30.0. The van der Waals surface area contributed by atoms with Gasteiger partial charge in [-0.25, -0.2) is 23.2 Å². The smallest absolute Gasteiger partial charge is 0.326 e. The number of likely N-dealkylation sites (N-methyl/N-ethyl adjacent to an activating group) is 1. The van der Waals surface area contributed by atoms with E-state index < -0.39 is 29.3 Å². The van der Waals surface area contributed by atoms with Crippen LogP contribution in [0.25, 0.3) is 10.9 Å². The van der Waals surface area contributed by atoms with Crippen LogP contribution in [0.4, 0.5) is 25.0 Å². The standard InChI is InChI=1S/C30H32F2N6O4/c1-19(28-34-24-7-5-6-23(32)27(24)29(39)38(28)36-16-14-35(2)15-17-36)37(22-12-13-25(41-3)26(18-22)42-4)30(40)33-21-10-8-20(31)9-11-21/h5-13,18-19H,14-17H2,1-4H3,(H,33,40). The molecule has 2 heterocycles. The lowest BCUT2D eigenvalue weighted by Gasteiger charge is -2.38. The summed E-state index contributed by atoms with van der Waals surface area (Å²) < 4.78 is 40.8. The number of carbonyl (C=O) groups is 1. The summed E-state index contributed by atoms with van der Waals surface area (Å²) in [6.45, 7) is 4.09. The van der Waals surface area contributed by atoms with Gasteiger partial charge >= 0.3 is 6.03 Å². The molecule has 42 heavy (non-hydrogen) atoms. The first-order valence-corrected chi connectivity index (χ1v) is 13.4. The summed E-state index contributed by atoms with van der Waals surface area (Å²) in [6.07, 6.45) is 0. The molecule has 1 atom stereocenters. The van der Waals surface area contributed by atoms with Gasteiger partial charge in [0, 0.05) is 37.9 Å². The maximum absolute atomic E-state index is 15.0. The normalized spacial score (nSPS) is 14.5. The third kappa shape index (κ3) is 5.57. The SMILES string of the molecule is COc1ccc(N(C(=O)Nc2ccc(F)cc2)C(C)c2nc3cccc(F)c3c(=O)n2N2CCN(C)CC2)cc1OC. The van der Waals surface area contributed by atoms with Gasteiger partial charge in [-0.15, -0.1) is 0 Å². The van der Waals surface area contributed by atoms with Crippen molar-refractivity contribution < 1.29 is 23.0 Å². The Hall–Kier alpha value is -4.71. The van der Waals surface area contributed by atoms with Crippen molar-refractivity contribution in [2.24, 2.45) is 0 Å². The van der Waals surface area contributed by atoms with E-state index in [9.17, 15) is 18.4 Å². The molecule has 0 aliphatic carbocycles. The lowest BCUT2D eigenvalue weighted by atomic mass is 10.1. The molecule has 220 valence electrons. The van der Waals surface area contributed by atoms with Gasteiger partial charge in [0.25, 0.3) is 5.56 Å². The number of benzene rings is 3. The molecule has 1 fully saturated rings. The number of fused-ring (bicyclic) bond motifs is 1. The van der Waals surface area contributed by atoms with E-state index in [1.165, 1.54) is 60.2 Å². The Morgan fingerprint density at radius 2 is 1.67 bits per heavy atom. The van der Waals surface area contributed by atoms with Gasteiger partial charge in [-0.2, -0.15) is 0 Å². The Morgan fingerprint density at radius 1 is 0.976 bits per heavy atom. The summed E-state index contributed by atoms with van der Waals surface area (Å²) in [6, 6.07) is 13.2. The van der Waals surface area contributed by atoms with Gasteiger partial charge in [-0.05, 0) is 62.5 Å². The molecule has 5 rings (SSSR count). The Balaban J connectivity index is 1.68. The van der Waals surface area contributed by atoms with E-state index in [4.69, 9.17) is 14.5 Å². The maximum Gasteiger partial charge on any atom is 0.326 e. The second-order valence-electron chi connectivity index (χ2n) is 10.0. The van der Waals surface area contributed by atoms with Crippen LogP contribution in [-0.2, 0) is 0 Å². The van der Waals surface area contributed by atoms with Crippen LogP contribution < -0.4 is 30.3 Å². The van der Waals surface area contributed by atoms with Crippen molar-refractivity contribution in [3.8, 4) is 11.5 Å². The van der Waals surface area contributed by atoms with Gasteiger partial charge in [0.1, 0.15) is 17.0 Å². The molecular formula is C30H32F2N6O4. The number of nitrogens with one attached hydrogen (secondary N) is 1. The monoisotopic (exact) mass is 578 g/mol. The number of nitrogens with zero attached hydrogens (tertiary/aromatic N) is 5. The lowest BCUT2D eigenvalue weighted by Crippen LogP contribution is -2.55. The molecule has 0 bridgehead atoms. The van der Waals surface area contributed by atoms with Crippen LogP contribution in [0.5, 0.6) is 11.5 Å². The third-order valence-corrected chi connectivity index (χ3v) is 7.33. The van der Waals surface area contributed by atoms with Crippen LogP contribution in [0.2, 0.25) is 0 Å². The molecule has 3 aromatic carbocycles. The van der Waals surface area contributed by atoms with Crippen molar-refractivity contribution >= 4 is 28.3 Å². The average Bonchev–Trinajstić information content (AvgIpc) is 2.98. The quantitative estimate of drug-likeness (QED) is 0.348.